The van der Waals surface area contributed by atoms with Gasteiger partial charge in [-0.1, -0.05) is 12.1 Å². The molecule has 2 aliphatic heterocycles. The summed E-state index contributed by atoms with van der Waals surface area (Å²) in [5.41, 5.74) is 1.69. The Morgan fingerprint density at radius 3 is 2.45 bits per heavy atom. The van der Waals surface area contributed by atoms with Crippen molar-refractivity contribution in [1.29, 1.82) is 0 Å². The second-order valence-electron chi connectivity index (χ2n) is 8.44. The minimum absolute atomic E-state index is 0.00445. The van der Waals surface area contributed by atoms with Gasteiger partial charge in [-0.2, -0.15) is 0 Å². The molecule has 4 amide bonds. The second-order valence-corrected chi connectivity index (χ2v) is 8.44. The highest BCUT2D eigenvalue weighted by atomic mass is 16.2. The number of urea groups is 1. The van der Waals surface area contributed by atoms with Crippen LogP contribution in [-0.4, -0.2) is 53.8 Å². The molecule has 156 valence electrons. The lowest BCUT2D eigenvalue weighted by molar-refractivity contribution is -0.136. The summed E-state index contributed by atoms with van der Waals surface area (Å²) in [6, 6.07) is 7.53. The lowest BCUT2D eigenvalue weighted by Crippen LogP contribution is -2.45. The van der Waals surface area contributed by atoms with E-state index >= 15 is 0 Å². The van der Waals surface area contributed by atoms with Crippen LogP contribution < -0.4 is 10.6 Å². The van der Waals surface area contributed by atoms with Crippen LogP contribution in [0.1, 0.15) is 44.1 Å². The minimum atomic E-state index is -0.135. The van der Waals surface area contributed by atoms with Gasteiger partial charge in [0.2, 0.25) is 11.8 Å². The third-order valence-corrected chi connectivity index (χ3v) is 6.07. The van der Waals surface area contributed by atoms with Gasteiger partial charge in [-0.15, -0.1) is 0 Å². The molecule has 29 heavy (non-hydrogen) atoms. The summed E-state index contributed by atoms with van der Waals surface area (Å²) >= 11 is 0. The maximum Gasteiger partial charge on any atom is 0.321 e. The molecule has 4 rings (SSSR count). The smallest absolute Gasteiger partial charge is 0.321 e. The number of anilines is 1. The van der Waals surface area contributed by atoms with E-state index in [0.29, 0.717) is 13.1 Å². The Bertz CT molecular complexity index is 771. The number of amides is 4. The van der Waals surface area contributed by atoms with Crippen molar-refractivity contribution in [2.24, 2.45) is 11.8 Å². The molecule has 0 radical (unpaired) electrons. The predicted molar refractivity (Wildman–Crippen MR) is 110 cm³/mol. The molecule has 7 nitrogen and oxygen atoms in total. The van der Waals surface area contributed by atoms with Gasteiger partial charge in [-0.3, -0.25) is 9.59 Å². The standard InChI is InChI=1S/C22H30N4O3/c27-20(18-6-4-12-26(15-18)21(28)17-8-9-17)23-14-16-5-3-7-19(13-16)24-22(29)25-10-1-2-11-25/h3,5,7,13,17-18H,1-2,4,6,8-12,14-15H2,(H,23,27)(H,24,29). The van der Waals surface area contributed by atoms with E-state index in [1.807, 2.05) is 34.1 Å². The maximum atomic E-state index is 12.6. The molecule has 1 aliphatic carbocycles. The minimum Gasteiger partial charge on any atom is -0.352 e. The highest BCUT2D eigenvalue weighted by molar-refractivity contribution is 5.89. The van der Waals surface area contributed by atoms with Crippen molar-refractivity contribution in [1.82, 2.24) is 15.1 Å². The molecule has 1 atom stereocenters. The molecular weight excluding hydrogens is 368 g/mol. The van der Waals surface area contributed by atoms with Crippen molar-refractivity contribution in [3.63, 3.8) is 0 Å². The van der Waals surface area contributed by atoms with Gasteiger partial charge >= 0.3 is 6.03 Å². The summed E-state index contributed by atoms with van der Waals surface area (Å²) in [6.07, 6.45) is 5.82. The van der Waals surface area contributed by atoms with E-state index in [2.05, 4.69) is 10.6 Å². The lowest BCUT2D eigenvalue weighted by atomic mass is 9.96. The summed E-state index contributed by atoms with van der Waals surface area (Å²) in [6.45, 7) is 3.34. The zero-order valence-corrected chi connectivity index (χ0v) is 16.9. The number of benzene rings is 1. The molecule has 1 aromatic carbocycles. The number of rotatable bonds is 5. The van der Waals surface area contributed by atoms with Crippen LogP contribution in [0.4, 0.5) is 10.5 Å². The Balaban J connectivity index is 1.27. The molecule has 1 saturated carbocycles. The van der Waals surface area contributed by atoms with Crippen LogP contribution in [0, 0.1) is 11.8 Å². The molecule has 0 aromatic heterocycles. The molecule has 0 bridgehead atoms. The number of nitrogens with one attached hydrogen (secondary N) is 2. The first-order valence-electron chi connectivity index (χ1n) is 10.8. The molecule has 1 unspecified atom stereocenters. The van der Waals surface area contributed by atoms with Crippen molar-refractivity contribution < 1.29 is 14.4 Å². The lowest BCUT2D eigenvalue weighted by Gasteiger charge is -2.32. The van der Waals surface area contributed by atoms with E-state index in [-0.39, 0.29) is 29.7 Å². The van der Waals surface area contributed by atoms with Crippen LogP contribution in [0.15, 0.2) is 24.3 Å². The third kappa shape index (κ3) is 5.08. The van der Waals surface area contributed by atoms with E-state index in [1.54, 1.807) is 0 Å². The zero-order valence-electron chi connectivity index (χ0n) is 16.9. The van der Waals surface area contributed by atoms with Crippen molar-refractivity contribution >= 4 is 23.5 Å². The Morgan fingerprint density at radius 1 is 0.931 bits per heavy atom. The SMILES string of the molecule is O=C(NCc1cccc(NC(=O)N2CCCC2)c1)C1CCCN(C(=O)C2CC2)C1. The van der Waals surface area contributed by atoms with Crippen LogP contribution in [-0.2, 0) is 16.1 Å². The van der Waals surface area contributed by atoms with E-state index in [0.717, 1.165) is 69.4 Å². The molecule has 2 N–H and O–H groups in total. The van der Waals surface area contributed by atoms with Crippen molar-refractivity contribution in [2.45, 2.75) is 45.1 Å². The Labute approximate surface area is 171 Å². The van der Waals surface area contributed by atoms with Gasteiger partial charge in [0.05, 0.1) is 5.92 Å². The highest BCUT2D eigenvalue weighted by Crippen LogP contribution is 2.32. The molecule has 0 spiro atoms. The average molecular weight is 399 g/mol. The number of likely N-dealkylation sites (tertiary alicyclic amines) is 2. The maximum absolute atomic E-state index is 12.6. The van der Waals surface area contributed by atoms with Crippen LogP contribution in [0.3, 0.4) is 0 Å². The number of carbonyl (C=O) groups excluding carboxylic acids is 3. The van der Waals surface area contributed by atoms with E-state index in [9.17, 15) is 14.4 Å². The van der Waals surface area contributed by atoms with Gasteiger partial charge in [0.1, 0.15) is 0 Å². The molecule has 7 heteroatoms. The summed E-state index contributed by atoms with van der Waals surface area (Å²) in [5, 5.41) is 5.95. The fraction of sp³-hybridized carbons (Fsp3) is 0.591. The van der Waals surface area contributed by atoms with Gasteiger partial charge < -0.3 is 20.4 Å². The third-order valence-electron chi connectivity index (χ3n) is 6.07. The van der Waals surface area contributed by atoms with Gasteiger partial charge in [0.15, 0.2) is 0 Å². The Morgan fingerprint density at radius 2 is 1.69 bits per heavy atom. The number of carbonyl (C=O) groups is 3. The molecule has 2 heterocycles. The fourth-order valence-electron chi connectivity index (χ4n) is 4.20. The van der Waals surface area contributed by atoms with E-state index in [4.69, 9.17) is 0 Å². The number of piperidine rings is 1. The summed E-state index contributed by atoms with van der Waals surface area (Å²) < 4.78 is 0. The molecule has 3 aliphatic rings. The summed E-state index contributed by atoms with van der Waals surface area (Å²) in [7, 11) is 0. The van der Waals surface area contributed by atoms with Crippen LogP contribution in [0.5, 0.6) is 0 Å². The first-order chi connectivity index (χ1) is 14.1. The Hall–Kier alpha value is -2.57. The van der Waals surface area contributed by atoms with E-state index < -0.39 is 0 Å². The quantitative estimate of drug-likeness (QED) is 0.800. The zero-order chi connectivity index (χ0) is 20.2. The van der Waals surface area contributed by atoms with Gasteiger partial charge in [0.25, 0.3) is 0 Å². The topological polar surface area (TPSA) is 81.8 Å². The van der Waals surface area contributed by atoms with Crippen LogP contribution in [0.2, 0.25) is 0 Å². The molecule has 2 saturated heterocycles. The predicted octanol–water partition coefficient (Wildman–Crippen LogP) is 2.58. The Kier molecular flexibility index (Phi) is 6.02. The largest absolute Gasteiger partial charge is 0.352 e. The normalized spacial score (nSPS) is 21.7. The van der Waals surface area contributed by atoms with Crippen LogP contribution >= 0.6 is 0 Å². The van der Waals surface area contributed by atoms with Crippen LogP contribution in [0.25, 0.3) is 0 Å². The fourth-order valence-corrected chi connectivity index (χ4v) is 4.20. The molecule has 1 aromatic rings. The monoisotopic (exact) mass is 398 g/mol. The number of hydrogen-bond acceptors (Lipinski definition) is 3. The first kappa shape index (κ1) is 19.7. The van der Waals surface area contributed by atoms with E-state index in [1.165, 1.54) is 0 Å². The first-order valence-corrected chi connectivity index (χ1v) is 10.8. The number of nitrogens with zero attached hydrogens (tertiary/aromatic N) is 2. The summed E-state index contributed by atoms with van der Waals surface area (Å²) in [4.78, 5) is 40.9. The highest BCUT2D eigenvalue weighted by Gasteiger charge is 2.36. The van der Waals surface area contributed by atoms with Gasteiger partial charge in [-0.25, -0.2) is 4.79 Å². The van der Waals surface area contributed by atoms with Gasteiger partial charge in [0, 0.05) is 44.3 Å². The summed E-state index contributed by atoms with van der Waals surface area (Å²) in [5.74, 6) is 0.300. The molecular formula is C22H30N4O3. The second kappa shape index (κ2) is 8.84. The number of hydrogen-bond donors (Lipinski definition) is 2. The van der Waals surface area contributed by atoms with Crippen molar-refractivity contribution in [3.05, 3.63) is 29.8 Å². The molecule has 3 fully saturated rings. The average Bonchev–Trinajstić information content (AvgIpc) is 3.45. The van der Waals surface area contributed by atoms with Crippen molar-refractivity contribution in [3.8, 4) is 0 Å². The van der Waals surface area contributed by atoms with Crippen molar-refractivity contribution in [2.75, 3.05) is 31.5 Å². The van der Waals surface area contributed by atoms with Gasteiger partial charge in [-0.05, 0) is 56.2 Å².